The second kappa shape index (κ2) is 9.74. The Balaban J connectivity index is 0.00000261. The Morgan fingerprint density at radius 2 is 1.48 bits per heavy atom. The zero-order valence-electron chi connectivity index (χ0n) is 14.9. The third-order valence-electron chi connectivity index (χ3n) is 4.64. The zero-order valence-corrected chi connectivity index (χ0v) is 16.5. The second-order valence-electron chi connectivity index (χ2n) is 6.40. The molecule has 1 heterocycles. The van der Waals surface area contributed by atoms with Crippen molar-refractivity contribution in [3.05, 3.63) is 70.7 Å². The lowest BCUT2D eigenvalue weighted by atomic mass is 10.1. The van der Waals surface area contributed by atoms with Crippen LogP contribution in [-0.2, 0) is 16.0 Å². The predicted molar refractivity (Wildman–Crippen MR) is 109 cm³/mol. The Morgan fingerprint density at radius 3 is 2.07 bits per heavy atom. The Hall–Kier alpha value is -2.08. The maximum atomic E-state index is 12.6. The van der Waals surface area contributed by atoms with Gasteiger partial charge in [0.05, 0.1) is 6.42 Å². The van der Waals surface area contributed by atoms with Crippen molar-refractivity contribution in [1.29, 1.82) is 0 Å². The highest BCUT2D eigenvalue weighted by Gasteiger charge is 2.27. The molecular weight excluding hydrogens is 385 g/mol. The SMILES string of the molecule is Cl.NC(C(=O)N1CCN(C(=O)Cc2ccc(Cl)cc2)CC1)c1ccccc1. The highest BCUT2D eigenvalue weighted by molar-refractivity contribution is 6.30. The maximum absolute atomic E-state index is 12.6. The molecule has 0 spiro atoms. The number of halogens is 2. The number of nitrogens with two attached hydrogens (primary N) is 1. The molecule has 27 heavy (non-hydrogen) atoms. The maximum Gasteiger partial charge on any atom is 0.244 e. The van der Waals surface area contributed by atoms with E-state index in [9.17, 15) is 9.59 Å². The normalized spacial score (nSPS) is 15.0. The molecule has 7 heteroatoms. The van der Waals surface area contributed by atoms with Crippen LogP contribution in [0.15, 0.2) is 54.6 Å². The Bertz CT molecular complexity index is 761. The highest BCUT2D eigenvalue weighted by atomic mass is 35.5. The quantitative estimate of drug-likeness (QED) is 0.846. The molecule has 2 amide bonds. The van der Waals surface area contributed by atoms with Gasteiger partial charge in [0.2, 0.25) is 11.8 Å². The van der Waals surface area contributed by atoms with Crippen LogP contribution in [0.3, 0.4) is 0 Å². The highest BCUT2D eigenvalue weighted by Crippen LogP contribution is 2.15. The van der Waals surface area contributed by atoms with E-state index in [0.717, 1.165) is 11.1 Å². The van der Waals surface area contributed by atoms with E-state index in [1.54, 1.807) is 21.9 Å². The van der Waals surface area contributed by atoms with E-state index >= 15 is 0 Å². The van der Waals surface area contributed by atoms with E-state index in [4.69, 9.17) is 17.3 Å². The fourth-order valence-electron chi connectivity index (χ4n) is 3.06. The molecule has 1 aliphatic heterocycles. The molecule has 2 aromatic carbocycles. The summed E-state index contributed by atoms with van der Waals surface area (Å²) in [5.74, 6) is -0.0345. The van der Waals surface area contributed by atoms with Gasteiger partial charge in [-0.2, -0.15) is 0 Å². The Labute approximate surface area is 170 Å². The van der Waals surface area contributed by atoms with Crippen LogP contribution < -0.4 is 5.73 Å². The van der Waals surface area contributed by atoms with Crippen LogP contribution in [0.2, 0.25) is 5.02 Å². The minimum absolute atomic E-state index is 0. The molecule has 1 atom stereocenters. The summed E-state index contributed by atoms with van der Waals surface area (Å²) in [4.78, 5) is 28.6. The van der Waals surface area contributed by atoms with Gasteiger partial charge in [-0.3, -0.25) is 9.59 Å². The number of carbonyl (C=O) groups excluding carboxylic acids is 2. The van der Waals surface area contributed by atoms with Crippen LogP contribution in [0, 0.1) is 0 Å². The monoisotopic (exact) mass is 407 g/mol. The van der Waals surface area contributed by atoms with E-state index in [-0.39, 0.29) is 24.2 Å². The average molecular weight is 408 g/mol. The minimum atomic E-state index is -0.660. The fraction of sp³-hybridized carbons (Fsp3) is 0.300. The number of benzene rings is 2. The third kappa shape index (κ3) is 5.45. The van der Waals surface area contributed by atoms with E-state index in [1.165, 1.54) is 0 Å². The van der Waals surface area contributed by atoms with Gasteiger partial charge in [-0.25, -0.2) is 0 Å². The van der Waals surface area contributed by atoms with Gasteiger partial charge in [0.15, 0.2) is 0 Å². The fourth-order valence-corrected chi connectivity index (χ4v) is 3.19. The second-order valence-corrected chi connectivity index (χ2v) is 6.83. The number of amides is 2. The molecule has 0 aliphatic carbocycles. The lowest BCUT2D eigenvalue weighted by Gasteiger charge is -2.36. The molecule has 3 rings (SSSR count). The lowest BCUT2D eigenvalue weighted by Crippen LogP contribution is -2.52. The zero-order chi connectivity index (χ0) is 18.5. The molecule has 0 radical (unpaired) electrons. The summed E-state index contributed by atoms with van der Waals surface area (Å²) < 4.78 is 0. The Kier molecular flexibility index (Phi) is 7.66. The minimum Gasteiger partial charge on any atom is -0.339 e. The van der Waals surface area contributed by atoms with E-state index in [0.29, 0.717) is 37.6 Å². The molecule has 144 valence electrons. The van der Waals surface area contributed by atoms with Crippen molar-refractivity contribution in [2.75, 3.05) is 26.2 Å². The molecule has 1 unspecified atom stereocenters. The van der Waals surface area contributed by atoms with Gasteiger partial charge in [-0.05, 0) is 23.3 Å². The van der Waals surface area contributed by atoms with Gasteiger partial charge in [0.25, 0.3) is 0 Å². The van der Waals surface area contributed by atoms with Crippen LogP contribution in [0.25, 0.3) is 0 Å². The summed E-state index contributed by atoms with van der Waals surface area (Å²) in [7, 11) is 0. The Morgan fingerprint density at radius 1 is 0.926 bits per heavy atom. The van der Waals surface area contributed by atoms with Crippen molar-refractivity contribution in [3.63, 3.8) is 0 Å². The number of piperazine rings is 1. The summed E-state index contributed by atoms with van der Waals surface area (Å²) in [6.07, 6.45) is 0.342. The van der Waals surface area contributed by atoms with Gasteiger partial charge in [-0.1, -0.05) is 54.1 Å². The smallest absolute Gasteiger partial charge is 0.244 e. The van der Waals surface area contributed by atoms with Crippen LogP contribution in [0.1, 0.15) is 17.2 Å². The van der Waals surface area contributed by atoms with Crippen molar-refractivity contribution in [2.24, 2.45) is 5.73 Å². The predicted octanol–water partition coefficient (Wildman–Crippen LogP) is 2.68. The van der Waals surface area contributed by atoms with Crippen molar-refractivity contribution >= 4 is 35.8 Å². The van der Waals surface area contributed by atoms with Crippen LogP contribution in [-0.4, -0.2) is 47.8 Å². The molecule has 0 aromatic heterocycles. The first-order valence-corrected chi connectivity index (χ1v) is 9.04. The van der Waals surface area contributed by atoms with E-state index in [2.05, 4.69) is 0 Å². The molecule has 0 bridgehead atoms. The number of carbonyl (C=O) groups is 2. The van der Waals surface area contributed by atoms with Crippen LogP contribution in [0.4, 0.5) is 0 Å². The standard InChI is InChI=1S/C20H22ClN3O2.ClH/c21-17-8-6-15(7-9-17)14-18(25)23-10-12-24(13-11-23)20(26)19(22)16-4-2-1-3-5-16;/h1-9,19H,10-14,22H2;1H. The number of hydrogen-bond acceptors (Lipinski definition) is 3. The van der Waals surface area contributed by atoms with Gasteiger partial charge in [-0.15, -0.1) is 12.4 Å². The van der Waals surface area contributed by atoms with Crippen molar-refractivity contribution in [3.8, 4) is 0 Å². The molecule has 0 saturated carbocycles. The van der Waals surface area contributed by atoms with Gasteiger partial charge in [0, 0.05) is 31.2 Å². The van der Waals surface area contributed by atoms with E-state index in [1.807, 2.05) is 42.5 Å². The van der Waals surface area contributed by atoms with Gasteiger partial charge in [0.1, 0.15) is 6.04 Å². The molecular formula is C20H23Cl2N3O2. The van der Waals surface area contributed by atoms with Crippen LogP contribution >= 0.6 is 24.0 Å². The summed E-state index contributed by atoms with van der Waals surface area (Å²) in [5.41, 5.74) is 7.83. The first-order valence-electron chi connectivity index (χ1n) is 8.66. The van der Waals surface area contributed by atoms with Gasteiger partial charge >= 0.3 is 0 Å². The number of rotatable bonds is 4. The first kappa shape index (κ1) is 21.2. The third-order valence-corrected chi connectivity index (χ3v) is 4.89. The summed E-state index contributed by atoms with van der Waals surface area (Å²) in [5, 5.41) is 0.656. The lowest BCUT2D eigenvalue weighted by molar-refractivity contribution is -0.140. The molecule has 5 nitrogen and oxygen atoms in total. The summed E-state index contributed by atoms with van der Waals surface area (Å²) in [6, 6.07) is 16.0. The number of hydrogen-bond donors (Lipinski definition) is 1. The number of nitrogens with zero attached hydrogens (tertiary/aromatic N) is 2. The molecule has 1 fully saturated rings. The molecule has 2 aromatic rings. The first-order chi connectivity index (χ1) is 12.5. The summed E-state index contributed by atoms with van der Waals surface area (Å²) >= 11 is 5.87. The van der Waals surface area contributed by atoms with Crippen molar-refractivity contribution in [1.82, 2.24) is 9.80 Å². The van der Waals surface area contributed by atoms with Crippen molar-refractivity contribution < 1.29 is 9.59 Å². The largest absolute Gasteiger partial charge is 0.339 e. The molecule has 1 aliphatic rings. The molecule has 1 saturated heterocycles. The summed E-state index contributed by atoms with van der Waals surface area (Å²) in [6.45, 7) is 2.07. The van der Waals surface area contributed by atoms with Crippen molar-refractivity contribution in [2.45, 2.75) is 12.5 Å². The molecule has 2 N–H and O–H groups in total. The van der Waals surface area contributed by atoms with Gasteiger partial charge < -0.3 is 15.5 Å². The average Bonchev–Trinajstić information content (AvgIpc) is 2.69. The van der Waals surface area contributed by atoms with E-state index < -0.39 is 6.04 Å². The topological polar surface area (TPSA) is 66.6 Å². The van der Waals surface area contributed by atoms with Crippen LogP contribution in [0.5, 0.6) is 0 Å².